The van der Waals surface area contributed by atoms with E-state index in [4.69, 9.17) is 10.5 Å². The molecule has 3 aromatic rings. The molecule has 4 N–H and O–H groups in total. The van der Waals surface area contributed by atoms with Gasteiger partial charge in [0.1, 0.15) is 11.6 Å². The van der Waals surface area contributed by atoms with E-state index < -0.39 is 23.0 Å². The van der Waals surface area contributed by atoms with E-state index in [1.807, 2.05) is 0 Å². The molecular weight excluding hydrogens is 494 g/mol. The van der Waals surface area contributed by atoms with Gasteiger partial charge in [0.25, 0.3) is 0 Å². The molecule has 8 nitrogen and oxygen atoms in total. The number of nitrogens with one attached hydrogen (secondary N) is 2. The number of nitrogens with two attached hydrogens (primary N) is 1. The number of pyridine rings is 2. The van der Waals surface area contributed by atoms with Crippen molar-refractivity contribution in [2.24, 2.45) is 5.41 Å². The highest BCUT2D eigenvalue weighted by Gasteiger charge is 2.44. The summed E-state index contributed by atoms with van der Waals surface area (Å²) < 4.78 is 58.4. The fraction of sp³-hybridized carbons (Fsp3) is 0.280. The molecule has 1 fully saturated rings. The quantitative estimate of drug-likeness (QED) is 0.302. The Hall–Kier alpha value is -4.06. The maximum Gasteiger partial charge on any atom is 0.418 e. The van der Waals surface area contributed by atoms with Gasteiger partial charge in [0.2, 0.25) is 5.91 Å². The molecule has 37 heavy (non-hydrogen) atoms. The average Bonchev–Trinajstić information content (AvgIpc) is 3.34. The number of halogens is 4. The number of hydrogen-bond acceptors (Lipinski definition) is 7. The number of hydrogen-bond donors (Lipinski definition) is 3. The highest BCUT2D eigenvalue weighted by molar-refractivity contribution is 5.99. The summed E-state index contributed by atoms with van der Waals surface area (Å²) in [6.07, 6.45) is -1.78. The predicted molar refractivity (Wildman–Crippen MR) is 126 cm³/mol. The number of ether oxygens (including phenoxy) is 1. The van der Waals surface area contributed by atoms with Crippen LogP contribution in [0.4, 0.5) is 34.8 Å². The number of carbonyl (C=O) groups is 2. The molecule has 3 heterocycles. The van der Waals surface area contributed by atoms with Gasteiger partial charge >= 0.3 is 6.18 Å². The van der Waals surface area contributed by atoms with Crippen molar-refractivity contribution in [1.82, 2.24) is 15.3 Å². The molecule has 0 aliphatic carbocycles. The molecule has 1 aliphatic rings. The molecule has 1 amide bonds. The average molecular weight is 517 g/mol. The minimum Gasteiger partial charge on any atom is -0.384 e. The Kier molecular flexibility index (Phi) is 7.39. The van der Waals surface area contributed by atoms with Crippen molar-refractivity contribution in [3.05, 3.63) is 77.5 Å². The monoisotopic (exact) mass is 517 g/mol. The summed E-state index contributed by atoms with van der Waals surface area (Å²) in [5, 5.41) is 5.36. The number of alkyl halides is 3. The maximum absolute atomic E-state index is 13.3. The Balaban J connectivity index is 1.39. The lowest BCUT2D eigenvalue weighted by molar-refractivity contribution is -0.137. The lowest BCUT2D eigenvalue weighted by atomic mass is 9.80. The van der Waals surface area contributed by atoms with Crippen LogP contribution in [-0.2, 0) is 22.3 Å². The van der Waals surface area contributed by atoms with Crippen molar-refractivity contribution >= 4 is 28.9 Å². The van der Waals surface area contributed by atoms with Crippen LogP contribution in [0.3, 0.4) is 0 Å². The Morgan fingerprint density at radius 2 is 1.89 bits per heavy atom. The van der Waals surface area contributed by atoms with Crippen LogP contribution in [0.1, 0.15) is 34.5 Å². The first kappa shape index (κ1) is 26.0. The summed E-state index contributed by atoms with van der Waals surface area (Å²) in [6.45, 7) is 0.452. The van der Waals surface area contributed by atoms with Crippen LogP contribution in [0.5, 0.6) is 0 Å². The summed E-state index contributed by atoms with van der Waals surface area (Å²) in [5.41, 5.74) is 4.08. The Bertz CT molecular complexity index is 1270. The van der Waals surface area contributed by atoms with Crippen LogP contribution in [0.25, 0.3) is 0 Å². The second-order valence-electron chi connectivity index (χ2n) is 8.69. The van der Waals surface area contributed by atoms with E-state index in [0.29, 0.717) is 30.4 Å². The third-order valence-corrected chi connectivity index (χ3v) is 6.01. The number of rotatable bonds is 8. The van der Waals surface area contributed by atoms with Gasteiger partial charge in [-0.05, 0) is 48.9 Å². The standard InChI is InChI=1S/C25H23F4N5O3/c26-16-2-5-20(19(9-16)25(27,28)29)34-18-4-3-17(31-13-18)12-33-23(36)24(7-8-37-14-24)10-21(35)15-1-6-22(30)32-11-15/h1-6,9,11,13,34H,7-8,10,12,14H2,(H2,30,32)(H,33,36)/t24-/m0/s1. The van der Waals surface area contributed by atoms with Gasteiger partial charge in [0.05, 0.1) is 47.4 Å². The summed E-state index contributed by atoms with van der Waals surface area (Å²) in [7, 11) is 0. The van der Waals surface area contributed by atoms with Gasteiger partial charge in [-0.2, -0.15) is 13.2 Å². The highest BCUT2D eigenvalue weighted by atomic mass is 19.4. The number of aromatic nitrogens is 2. The normalized spacial score (nSPS) is 17.4. The second-order valence-corrected chi connectivity index (χ2v) is 8.69. The van der Waals surface area contributed by atoms with Gasteiger partial charge in [0, 0.05) is 24.8 Å². The van der Waals surface area contributed by atoms with Crippen molar-refractivity contribution in [3.8, 4) is 0 Å². The Morgan fingerprint density at radius 3 is 2.51 bits per heavy atom. The van der Waals surface area contributed by atoms with Gasteiger partial charge < -0.3 is 21.1 Å². The molecule has 2 aromatic heterocycles. The van der Waals surface area contributed by atoms with E-state index in [2.05, 4.69) is 20.6 Å². The largest absolute Gasteiger partial charge is 0.418 e. The molecule has 4 rings (SSSR count). The molecule has 0 spiro atoms. The van der Waals surface area contributed by atoms with Crippen molar-refractivity contribution in [2.45, 2.75) is 25.6 Å². The zero-order valence-electron chi connectivity index (χ0n) is 19.4. The Morgan fingerprint density at radius 1 is 1.08 bits per heavy atom. The summed E-state index contributed by atoms with van der Waals surface area (Å²) in [5.74, 6) is -1.35. The minimum absolute atomic E-state index is 0.0306. The van der Waals surface area contributed by atoms with Crippen molar-refractivity contribution in [3.63, 3.8) is 0 Å². The number of benzene rings is 1. The molecule has 1 aromatic carbocycles. The number of nitrogens with zero attached hydrogens (tertiary/aromatic N) is 2. The summed E-state index contributed by atoms with van der Waals surface area (Å²) in [4.78, 5) is 33.9. The van der Waals surface area contributed by atoms with E-state index in [1.54, 1.807) is 6.07 Å². The third-order valence-electron chi connectivity index (χ3n) is 6.01. The first-order valence-corrected chi connectivity index (χ1v) is 11.3. The number of Topliss-reactive ketones (excluding diaryl/α,β-unsaturated/α-hetero) is 1. The molecule has 0 saturated carbocycles. The van der Waals surface area contributed by atoms with Gasteiger partial charge in [-0.15, -0.1) is 0 Å². The maximum atomic E-state index is 13.3. The topological polar surface area (TPSA) is 119 Å². The third kappa shape index (κ3) is 6.20. The zero-order valence-corrected chi connectivity index (χ0v) is 19.4. The molecule has 0 bridgehead atoms. The van der Waals surface area contributed by atoms with E-state index in [1.165, 1.54) is 30.6 Å². The second kappa shape index (κ2) is 10.5. The molecule has 194 valence electrons. The van der Waals surface area contributed by atoms with Crippen LogP contribution in [0.2, 0.25) is 0 Å². The minimum atomic E-state index is -4.74. The molecule has 12 heteroatoms. The first-order chi connectivity index (χ1) is 17.6. The fourth-order valence-electron chi connectivity index (χ4n) is 3.96. The zero-order chi connectivity index (χ0) is 26.6. The molecule has 1 saturated heterocycles. The molecule has 0 unspecified atom stereocenters. The number of carbonyl (C=O) groups excluding carboxylic acids is 2. The van der Waals surface area contributed by atoms with Gasteiger partial charge in [0.15, 0.2) is 5.78 Å². The van der Waals surface area contributed by atoms with Crippen molar-refractivity contribution in [1.29, 1.82) is 0 Å². The first-order valence-electron chi connectivity index (χ1n) is 11.3. The van der Waals surface area contributed by atoms with Gasteiger partial charge in [-0.25, -0.2) is 9.37 Å². The van der Waals surface area contributed by atoms with Crippen LogP contribution < -0.4 is 16.4 Å². The lowest BCUT2D eigenvalue weighted by Crippen LogP contribution is -2.42. The molecule has 0 radical (unpaired) electrons. The lowest BCUT2D eigenvalue weighted by Gasteiger charge is -2.25. The summed E-state index contributed by atoms with van der Waals surface area (Å²) in [6, 6.07) is 8.41. The van der Waals surface area contributed by atoms with Crippen molar-refractivity contribution in [2.75, 3.05) is 24.3 Å². The fourth-order valence-corrected chi connectivity index (χ4v) is 3.96. The number of nitrogen functional groups attached to an aromatic ring is 1. The van der Waals surface area contributed by atoms with Crippen LogP contribution in [0, 0.1) is 11.2 Å². The predicted octanol–water partition coefficient (Wildman–Crippen LogP) is 4.26. The van der Waals surface area contributed by atoms with E-state index >= 15 is 0 Å². The number of ketones is 1. The Labute approximate surface area is 209 Å². The molecular formula is C25H23F4N5O3. The van der Waals surface area contributed by atoms with E-state index in [9.17, 15) is 27.2 Å². The number of amides is 1. The highest BCUT2D eigenvalue weighted by Crippen LogP contribution is 2.37. The SMILES string of the molecule is Nc1ccc(C(=O)C[C@@]2(C(=O)NCc3ccc(Nc4ccc(F)cc4C(F)(F)F)cn3)CCOC2)cn1. The summed E-state index contributed by atoms with van der Waals surface area (Å²) >= 11 is 0. The van der Waals surface area contributed by atoms with E-state index in [0.717, 1.165) is 12.1 Å². The van der Waals surface area contributed by atoms with Crippen LogP contribution in [0.15, 0.2) is 54.9 Å². The smallest absolute Gasteiger partial charge is 0.384 e. The van der Waals surface area contributed by atoms with Gasteiger partial charge in [-0.3, -0.25) is 14.6 Å². The molecule has 1 aliphatic heterocycles. The van der Waals surface area contributed by atoms with Crippen LogP contribution in [-0.4, -0.2) is 34.9 Å². The number of anilines is 3. The van der Waals surface area contributed by atoms with Gasteiger partial charge in [-0.1, -0.05) is 0 Å². The van der Waals surface area contributed by atoms with Crippen molar-refractivity contribution < 1.29 is 31.9 Å². The molecule has 1 atom stereocenters. The van der Waals surface area contributed by atoms with E-state index in [-0.39, 0.29) is 48.5 Å². The van der Waals surface area contributed by atoms with Crippen LogP contribution >= 0.6 is 0 Å².